The summed E-state index contributed by atoms with van der Waals surface area (Å²) in [4.78, 5) is 40.2. The Bertz CT molecular complexity index is 1050. The molecule has 0 saturated carbocycles. The lowest BCUT2D eigenvalue weighted by atomic mass is 10.2. The second-order valence-corrected chi connectivity index (χ2v) is 7.98. The van der Waals surface area contributed by atoms with Crippen molar-refractivity contribution < 1.29 is 14.3 Å². The molecule has 0 spiro atoms. The molecule has 1 aliphatic rings. The predicted octanol–water partition coefficient (Wildman–Crippen LogP) is 2.58. The summed E-state index contributed by atoms with van der Waals surface area (Å²) in [7, 11) is 0. The van der Waals surface area contributed by atoms with Crippen LogP contribution < -0.4 is 15.4 Å². The number of thiazole rings is 1. The number of benzene rings is 1. The Kier molecular flexibility index (Phi) is 6.48. The number of ether oxygens (including phenoxy) is 1. The molecular weight excluding hydrogens is 416 g/mol. The summed E-state index contributed by atoms with van der Waals surface area (Å²) in [5.74, 6) is 0.357. The Balaban J connectivity index is 1.31. The highest BCUT2D eigenvalue weighted by Crippen LogP contribution is 2.28. The average Bonchev–Trinajstić information content (AvgIpc) is 3.17. The summed E-state index contributed by atoms with van der Waals surface area (Å²) in [5, 5.41) is 6.22. The Morgan fingerprint density at radius 2 is 2.03 bits per heavy atom. The van der Waals surface area contributed by atoms with Crippen molar-refractivity contribution >= 4 is 34.0 Å². The van der Waals surface area contributed by atoms with Crippen LogP contribution in [0.5, 0.6) is 5.75 Å². The van der Waals surface area contributed by atoms with E-state index in [1.165, 1.54) is 29.9 Å². The highest BCUT2D eigenvalue weighted by molar-refractivity contribution is 7.15. The standard InChI is InChI=1S/C21H22N6O3S/c1-2-30-15-5-3-14(4-6-15)24-19(28)13-27-10-7-16-18(12-27)31-21(25-16)26-20(29)17-11-22-8-9-23-17/h3-6,8-9,11H,2,7,10,12-13H2,1H3,(H,24,28)(H,25,26,29). The summed E-state index contributed by atoms with van der Waals surface area (Å²) >= 11 is 1.42. The molecule has 0 fully saturated rings. The maximum atomic E-state index is 12.4. The van der Waals surface area contributed by atoms with E-state index in [0.717, 1.165) is 35.0 Å². The molecule has 31 heavy (non-hydrogen) atoms. The number of aromatic nitrogens is 3. The molecule has 3 heterocycles. The number of carbonyl (C=O) groups excluding carboxylic acids is 2. The fourth-order valence-corrected chi connectivity index (χ4v) is 4.26. The van der Waals surface area contributed by atoms with Crippen molar-refractivity contribution in [1.82, 2.24) is 19.9 Å². The molecule has 2 N–H and O–H groups in total. The topological polar surface area (TPSA) is 109 Å². The first-order chi connectivity index (χ1) is 15.1. The van der Waals surface area contributed by atoms with Gasteiger partial charge in [0.25, 0.3) is 5.91 Å². The summed E-state index contributed by atoms with van der Waals surface area (Å²) in [6.07, 6.45) is 5.12. The van der Waals surface area contributed by atoms with Gasteiger partial charge in [-0.15, -0.1) is 11.3 Å². The van der Waals surface area contributed by atoms with E-state index in [4.69, 9.17) is 4.74 Å². The van der Waals surface area contributed by atoms with Crippen LogP contribution in [0.15, 0.2) is 42.9 Å². The normalized spacial score (nSPS) is 13.3. The minimum atomic E-state index is -0.342. The van der Waals surface area contributed by atoms with E-state index in [1.807, 2.05) is 31.2 Å². The van der Waals surface area contributed by atoms with Gasteiger partial charge in [0.05, 0.1) is 25.0 Å². The van der Waals surface area contributed by atoms with E-state index in [-0.39, 0.29) is 24.1 Å². The molecule has 3 aromatic rings. The number of anilines is 2. The maximum absolute atomic E-state index is 12.4. The van der Waals surface area contributed by atoms with Crippen LogP contribution in [0.1, 0.15) is 28.0 Å². The Labute approximate surface area is 183 Å². The molecule has 10 heteroatoms. The fourth-order valence-electron chi connectivity index (χ4n) is 3.22. The first kappa shape index (κ1) is 20.9. The van der Waals surface area contributed by atoms with Crippen molar-refractivity contribution in [2.24, 2.45) is 0 Å². The van der Waals surface area contributed by atoms with Gasteiger partial charge in [-0.3, -0.25) is 24.8 Å². The summed E-state index contributed by atoms with van der Waals surface area (Å²) in [5.41, 5.74) is 1.93. The largest absolute Gasteiger partial charge is 0.494 e. The van der Waals surface area contributed by atoms with Crippen LogP contribution in [-0.4, -0.2) is 51.4 Å². The molecule has 0 saturated heterocycles. The molecule has 2 aromatic heterocycles. The van der Waals surface area contributed by atoms with Gasteiger partial charge >= 0.3 is 0 Å². The van der Waals surface area contributed by atoms with Crippen molar-refractivity contribution in [3.05, 3.63) is 59.1 Å². The smallest absolute Gasteiger partial charge is 0.277 e. The maximum Gasteiger partial charge on any atom is 0.277 e. The number of hydrogen-bond donors (Lipinski definition) is 2. The van der Waals surface area contributed by atoms with Crippen LogP contribution in [0, 0.1) is 0 Å². The third kappa shape index (κ3) is 5.41. The van der Waals surface area contributed by atoms with Gasteiger partial charge in [0.1, 0.15) is 11.4 Å². The number of hydrogen-bond acceptors (Lipinski definition) is 8. The molecule has 2 amide bonds. The molecule has 9 nitrogen and oxygen atoms in total. The predicted molar refractivity (Wildman–Crippen MR) is 117 cm³/mol. The van der Waals surface area contributed by atoms with E-state index in [0.29, 0.717) is 18.3 Å². The van der Waals surface area contributed by atoms with E-state index in [2.05, 4.69) is 30.5 Å². The van der Waals surface area contributed by atoms with Crippen molar-refractivity contribution in [2.75, 3.05) is 30.3 Å². The van der Waals surface area contributed by atoms with Gasteiger partial charge in [0.2, 0.25) is 5.91 Å². The SMILES string of the molecule is CCOc1ccc(NC(=O)CN2CCc3nc(NC(=O)c4cnccn4)sc3C2)cc1. The third-order valence-corrected chi connectivity index (χ3v) is 5.64. The van der Waals surface area contributed by atoms with Crippen LogP contribution in [0.2, 0.25) is 0 Å². The van der Waals surface area contributed by atoms with Crippen LogP contribution in [-0.2, 0) is 17.8 Å². The van der Waals surface area contributed by atoms with Gasteiger partial charge < -0.3 is 10.1 Å². The van der Waals surface area contributed by atoms with Crippen molar-refractivity contribution in [1.29, 1.82) is 0 Å². The summed E-state index contributed by atoms with van der Waals surface area (Å²) in [6.45, 7) is 4.16. The molecule has 0 unspecified atom stereocenters. The first-order valence-electron chi connectivity index (χ1n) is 9.91. The van der Waals surface area contributed by atoms with E-state index in [9.17, 15) is 9.59 Å². The Hall–Kier alpha value is -3.37. The Morgan fingerprint density at radius 3 is 2.77 bits per heavy atom. The lowest BCUT2D eigenvalue weighted by Gasteiger charge is -2.25. The van der Waals surface area contributed by atoms with E-state index >= 15 is 0 Å². The number of rotatable bonds is 7. The van der Waals surface area contributed by atoms with E-state index < -0.39 is 0 Å². The molecule has 0 bridgehead atoms. The molecule has 0 radical (unpaired) electrons. The highest BCUT2D eigenvalue weighted by Gasteiger charge is 2.23. The van der Waals surface area contributed by atoms with Gasteiger partial charge in [0.15, 0.2) is 5.13 Å². The van der Waals surface area contributed by atoms with Crippen molar-refractivity contribution in [3.8, 4) is 5.75 Å². The van der Waals surface area contributed by atoms with Crippen LogP contribution in [0.25, 0.3) is 0 Å². The van der Waals surface area contributed by atoms with Gasteiger partial charge in [-0.05, 0) is 31.2 Å². The lowest BCUT2D eigenvalue weighted by Crippen LogP contribution is -2.36. The van der Waals surface area contributed by atoms with Gasteiger partial charge in [0, 0.05) is 42.5 Å². The zero-order chi connectivity index (χ0) is 21.6. The van der Waals surface area contributed by atoms with Crippen LogP contribution in [0.3, 0.4) is 0 Å². The number of fused-ring (bicyclic) bond motifs is 1. The fraction of sp³-hybridized carbons (Fsp3) is 0.286. The van der Waals surface area contributed by atoms with Gasteiger partial charge in [-0.25, -0.2) is 9.97 Å². The molecule has 0 aliphatic carbocycles. The third-order valence-electron chi connectivity index (χ3n) is 4.64. The number of nitrogens with one attached hydrogen (secondary N) is 2. The average molecular weight is 439 g/mol. The summed E-state index contributed by atoms with van der Waals surface area (Å²) in [6, 6.07) is 7.32. The zero-order valence-electron chi connectivity index (χ0n) is 17.0. The van der Waals surface area contributed by atoms with Crippen LogP contribution >= 0.6 is 11.3 Å². The highest BCUT2D eigenvalue weighted by atomic mass is 32.1. The molecule has 1 aromatic carbocycles. The quantitative estimate of drug-likeness (QED) is 0.583. The number of carbonyl (C=O) groups is 2. The van der Waals surface area contributed by atoms with E-state index in [1.54, 1.807) is 0 Å². The second-order valence-electron chi connectivity index (χ2n) is 6.90. The molecule has 4 rings (SSSR count). The zero-order valence-corrected chi connectivity index (χ0v) is 17.8. The Morgan fingerprint density at radius 1 is 1.19 bits per heavy atom. The van der Waals surface area contributed by atoms with Crippen molar-refractivity contribution in [3.63, 3.8) is 0 Å². The lowest BCUT2D eigenvalue weighted by molar-refractivity contribution is -0.117. The second kappa shape index (κ2) is 9.63. The first-order valence-corrected chi connectivity index (χ1v) is 10.7. The molecule has 160 valence electrons. The van der Waals surface area contributed by atoms with Crippen molar-refractivity contribution in [2.45, 2.75) is 19.9 Å². The molecule has 0 atom stereocenters. The number of amides is 2. The van der Waals surface area contributed by atoms with Gasteiger partial charge in [-0.2, -0.15) is 0 Å². The minimum Gasteiger partial charge on any atom is -0.494 e. The summed E-state index contributed by atoms with van der Waals surface area (Å²) < 4.78 is 5.41. The van der Waals surface area contributed by atoms with Crippen LogP contribution in [0.4, 0.5) is 10.8 Å². The molecular formula is C21H22N6O3S. The minimum absolute atomic E-state index is 0.0756. The monoisotopic (exact) mass is 438 g/mol. The number of nitrogens with zero attached hydrogens (tertiary/aromatic N) is 4. The molecule has 1 aliphatic heterocycles. The van der Waals surface area contributed by atoms with Gasteiger partial charge in [-0.1, -0.05) is 0 Å².